The van der Waals surface area contributed by atoms with Gasteiger partial charge in [0.2, 0.25) is 0 Å². The van der Waals surface area contributed by atoms with Crippen molar-refractivity contribution < 1.29 is 42.9 Å². The third-order valence-corrected chi connectivity index (χ3v) is 3.67. The van der Waals surface area contributed by atoms with Crippen LogP contribution in [0.25, 0.3) is 0 Å². The fourth-order valence-corrected chi connectivity index (χ4v) is 2.86. The van der Waals surface area contributed by atoms with Crippen molar-refractivity contribution in [2.24, 2.45) is 0 Å². The number of halogens is 1. The highest BCUT2D eigenvalue weighted by atomic mass is 79.9. The van der Waals surface area contributed by atoms with Gasteiger partial charge >= 0.3 is 23.9 Å². The highest BCUT2D eigenvalue weighted by Gasteiger charge is 2.51. The van der Waals surface area contributed by atoms with E-state index >= 15 is 0 Å². The van der Waals surface area contributed by atoms with E-state index in [1.54, 1.807) is 0 Å². The second-order valence-electron chi connectivity index (χ2n) is 5.05. The summed E-state index contributed by atoms with van der Waals surface area (Å²) in [7, 11) is 0. The Kier molecular flexibility index (Phi) is 7.61. The number of carbonyl (C=O) groups excluding carboxylic acids is 4. The fraction of sp³-hybridized carbons (Fsp3) is 0.714. The SMILES string of the molecule is CC(=O)OCC1O[C@H](Br)C(OC(C)=O)C(OC(C)=O)[C@H]1OC(C)=O. The number of ether oxygens (including phenoxy) is 5. The summed E-state index contributed by atoms with van der Waals surface area (Å²) in [6.07, 6.45) is -4.22. The molecule has 0 radical (unpaired) electrons. The molecule has 1 rings (SSSR count). The first-order valence-electron chi connectivity index (χ1n) is 7.06. The summed E-state index contributed by atoms with van der Waals surface area (Å²) in [6.45, 7) is 4.47. The Morgan fingerprint density at radius 3 is 1.71 bits per heavy atom. The number of hydrogen-bond donors (Lipinski definition) is 0. The Morgan fingerprint density at radius 1 is 0.792 bits per heavy atom. The van der Waals surface area contributed by atoms with Crippen LogP contribution in [0.2, 0.25) is 0 Å². The van der Waals surface area contributed by atoms with Gasteiger partial charge in [-0.05, 0) is 0 Å². The average Bonchev–Trinajstić information content (AvgIpc) is 2.42. The third kappa shape index (κ3) is 6.08. The van der Waals surface area contributed by atoms with Crippen LogP contribution >= 0.6 is 15.9 Å². The van der Waals surface area contributed by atoms with Crippen molar-refractivity contribution in [2.75, 3.05) is 6.61 Å². The standard InChI is InChI=1S/C14H19BrO9/c1-6(16)20-5-10-11(21-7(2)17)12(22-8(3)18)13(14(15)24-10)23-9(4)19/h10-14H,5H2,1-4H3/t10?,11-,12?,13?,14-/m0/s1. The van der Waals surface area contributed by atoms with Gasteiger partial charge in [-0.1, -0.05) is 15.9 Å². The number of esters is 4. The Morgan fingerprint density at radius 2 is 1.25 bits per heavy atom. The van der Waals surface area contributed by atoms with Gasteiger partial charge in [-0.3, -0.25) is 19.2 Å². The summed E-state index contributed by atoms with van der Waals surface area (Å²) < 4.78 is 25.9. The topological polar surface area (TPSA) is 114 Å². The van der Waals surface area contributed by atoms with Gasteiger partial charge in [0.25, 0.3) is 0 Å². The van der Waals surface area contributed by atoms with E-state index in [1.165, 1.54) is 13.8 Å². The van der Waals surface area contributed by atoms with Crippen LogP contribution in [0.4, 0.5) is 0 Å². The molecule has 10 heteroatoms. The van der Waals surface area contributed by atoms with Crippen LogP contribution in [0.1, 0.15) is 27.7 Å². The second-order valence-corrected chi connectivity index (χ2v) is 5.95. The highest BCUT2D eigenvalue weighted by Crippen LogP contribution is 2.31. The normalized spacial score (nSPS) is 29.3. The van der Waals surface area contributed by atoms with Gasteiger partial charge < -0.3 is 23.7 Å². The molecule has 0 aromatic carbocycles. The zero-order valence-electron chi connectivity index (χ0n) is 13.6. The van der Waals surface area contributed by atoms with E-state index < -0.39 is 53.3 Å². The minimum absolute atomic E-state index is 0.236. The Labute approximate surface area is 147 Å². The van der Waals surface area contributed by atoms with Gasteiger partial charge in [0.15, 0.2) is 23.3 Å². The number of carbonyl (C=O) groups is 4. The maximum absolute atomic E-state index is 11.4. The third-order valence-electron chi connectivity index (χ3n) is 2.93. The Balaban J connectivity index is 3.11. The van der Waals surface area contributed by atoms with Crippen LogP contribution in [-0.4, -0.2) is 59.9 Å². The lowest BCUT2D eigenvalue weighted by Gasteiger charge is -2.42. The van der Waals surface area contributed by atoms with Crippen molar-refractivity contribution in [3.8, 4) is 0 Å². The van der Waals surface area contributed by atoms with Crippen LogP contribution in [0.3, 0.4) is 0 Å². The van der Waals surface area contributed by atoms with Crippen LogP contribution < -0.4 is 0 Å². The average molecular weight is 411 g/mol. The first-order chi connectivity index (χ1) is 11.1. The molecule has 0 N–H and O–H groups in total. The predicted octanol–water partition coefficient (Wildman–Crippen LogP) is 0.464. The van der Waals surface area contributed by atoms with Crippen molar-refractivity contribution in [1.82, 2.24) is 0 Å². The summed E-state index contributed by atoms with van der Waals surface area (Å²) in [4.78, 5) is 45.1. The van der Waals surface area contributed by atoms with E-state index in [0.717, 1.165) is 13.8 Å². The quantitative estimate of drug-likeness (QED) is 0.362. The maximum atomic E-state index is 11.4. The fourth-order valence-electron chi connectivity index (χ4n) is 2.18. The molecule has 5 atom stereocenters. The zero-order chi connectivity index (χ0) is 18.4. The smallest absolute Gasteiger partial charge is 0.303 e. The first kappa shape index (κ1) is 20.4. The zero-order valence-corrected chi connectivity index (χ0v) is 15.2. The molecule has 1 saturated heterocycles. The van der Waals surface area contributed by atoms with E-state index in [4.69, 9.17) is 23.7 Å². The van der Waals surface area contributed by atoms with Crippen molar-refractivity contribution >= 4 is 39.8 Å². The molecule has 0 amide bonds. The Hall–Kier alpha value is -1.68. The van der Waals surface area contributed by atoms with Crippen molar-refractivity contribution in [3.63, 3.8) is 0 Å². The molecule has 0 aliphatic carbocycles. The molecule has 24 heavy (non-hydrogen) atoms. The molecule has 1 aliphatic rings. The molecule has 0 saturated carbocycles. The molecule has 1 heterocycles. The largest absolute Gasteiger partial charge is 0.463 e. The summed E-state index contributed by atoms with van der Waals surface area (Å²) in [6, 6.07) is 0. The molecule has 136 valence electrons. The van der Waals surface area contributed by atoms with Crippen molar-refractivity contribution in [1.29, 1.82) is 0 Å². The second kappa shape index (κ2) is 8.97. The van der Waals surface area contributed by atoms with Crippen LogP contribution in [-0.2, 0) is 42.9 Å². The van der Waals surface area contributed by atoms with Crippen LogP contribution in [0, 0.1) is 0 Å². The minimum atomic E-state index is -1.13. The minimum Gasteiger partial charge on any atom is -0.463 e. The van der Waals surface area contributed by atoms with E-state index in [1.807, 2.05) is 0 Å². The number of rotatable bonds is 5. The molecule has 0 aromatic rings. The van der Waals surface area contributed by atoms with Gasteiger partial charge in [-0.25, -0.2) is 0 Å². The molecule has 0 spiro atoms. The maximum Gasteiger partial charge on any atom is 0.303 e. The van der Waals surface area contributed by atoms with Gasteiger partial charge in [0.05, 0.1) is 0 Å². The van der Waals surface area contributed by atoms with Gasteiger partial charge in [0, 0.05) is 27.7 Å². The molecule has 1 fully saturated rings. The molecule has 9 nitrogen and oxygen atoms in total. The van der Waals surface area contributed by atoms with Crippen molar-refractivity contribution in [3.05, 3.63) is 0 Å². The van der Waals surface area contributed by atoms with Gasteiger partial charge in [-0.15, -0.1) is 0 Å². The lowest BCUT2D eigenvalue weighted by molar-refractivity contribution is -0.236. The summed E-state index contributed by atoms with van der Waals surface area (Å²) in [5, 5.41) is -0.863. The van der Waals surface area contributed by atoms with Gasteiger partial charge in [0.1, 0.15) is 12.7 Å². The Bertz CT molecular complexity index is 506. The van der Waals surface area contributed by atoms with Crippen LogP contribution in [0.5, 0.6) is 0 Å². The molecule has 1 aliphatic heterocycles. The molecular formula is C14H19BrO9. The van der Waals surface area contributed by atoms with E-state index in [-0.39, 0.29) is 6.61 Å². The summed E-state index contributed by atoms with van der Waals surface area (Å²) in [5.74, 6) is -2.52. The molecular weight excluding hydrogens is 392 g/mol. The lowest BCUT2D eigenvalue weighted by Crippen LogP contribution is -2.60. The lowest BCUT2D eigenvalue weighted by atomic mass is 9.99. The predicted molar refractivity (Wildman–Crippen MR) is 80.9 cm³/mol. The van der Waals surface area contributed by atoms with Gasteiger partial charge in [-0.2, -0.15) is 0 Å². The summed E-state index contributed by atoms with van der Waals surface area (Å²) >= 11 is 3.18. The van der Waals surface area contributed by atoms with Crippen molar-refractivity contribution in [2.45, 2.75) is 57.1 Å². The molecule has 0 aromatic heterocycles. The summed E-state index contributed by atoms with van der Waals surface area (Å²) in [5.41, 5.74) is 0. The number of alkyl halides is 1. The molecule has 3 unspecified atom stereocenters. The van der Waals surface area contributed by atoms with E-state index in [2.05, 4.69) is 15.9 Å². The van der Waals surface area contributed by atoms with E-state index in [9.17, 15) is 19.2 Å². The highest BCUT2D eigenvalue weighted by molar-refractivity contribution is 9.09. The first-order valence-corrected chi connectivity index (χ1v) is 7.98. The van der Waals surface area contributed by atoms with E-state index in [0.29, 0.717) is 0 Å². The number of hydrogen-bond acceptors (Lipinski definition) is 9. The molecule has 0 bridgehead atoms. The van der Waals surface area contributed by atoms with Crippen LogP contribution in [0.15, 0.2) is 0 Å². The monoisotopic (exact) mass is 410 g/mol.